The lowest BCUT2D eigenvalue weighted by Crippen LogP contribution is -2.41. The second-order valence-corrected chi connectivity index (χ2v) is 7.57. The number of carbonyl (C=O) groups is 1. The van der Waals surface area contributed by atoms with Crippen molar-refractivity contribution in [2.24, 2.45) is 5.92 Å². The van der Waals surface area contributed by atoms with E-state index in [1.54, 1.807) is 12.3 Å². The molecule has 1 aromatic carbocycles. The van der Waals surface area contributed by atoms with Crippen molar-refractivity contribution in [3.63, 3.8) is 0 Å². The maximum atomic E-state index is 12.7. The van der Waals surface area contributed by atoms with Crippen LogP contribution in [-0.4, -0.2) is 27.3 Å². The van der Waals surface area contributed by atoms with Gasteiger partial charge >= 0.3 is 0 Å². The fraction of sp³-hybridized carbons (Fsp3) is 0.381. The van der Waals surface area contributed by atoms with Crippen molar-refractivity contribution in [2.45, 2.75) is 44.8 Å². The van der Waals surface area contributed by atoms with Crippen LogP contribution in [0.3, 0.4) is 0 Å². The number of aromatic nitrogens is 2. The molecule has 2 aromatic heterocycles. The summed E-state index contributed by atoms with van der Waals surface area (Å²) in [5.74, 6) is 0.748. The maximum absolute atomic E-state index is 12.7. The number of carbonyl (C=O) groups excluding carboxylic acids is 1. The fourth-order valence-corrected chi connectivity index (χ4v) is 3.52. The van der Waals surface area contributed by atoms with Gasteiger partial charge in [0.15, 0.2) is 5.69 Å². The lowest BCUT2D eigenvalue weighted by Gasteiger charge is -2.38. The van der Waals surface area contributed by atoms with E-state index < -0.39 is 0 Å². The second-order valence-electron chi connectivity index (χ2n) is 7.57. The van der Waals surface area contributed by atoms with Crippen LogP contribution in [-0.2, 0) is 0 Å². The molecular formula is C21H23N3O3. The Morgan fingerprint density at radius 3 is 2.74 bits per heavy atom. The average molecular weight is 365 g/mol. The summed E-state index contributed by atoms with van der Waals surface area (Å²) in [6, 6.07) is 11.4. The van der Waals surface area contributed by atoms with E-state index >= 15 is 0 Å². The zero-order valence-corrected chi connectivity index (χ0v) is 15.4. The van der Waals surface area contributed by atoms with Crippen molar-refractivity contribution in [2.75, 3.05) is 0 Å². The van der Waals surface area contributed by atoms with Crippen LogP contribution in [0.1, 0.15) is 60.5 Å². The summed E-state index contributed by atoms with van der Waals surface area (Å²) in [6.45, 7) is 3.98. The van der Waals surface area contributed by atoms with E-state index in [0.717, 1.165) is 16.5 Å². The largest absolute Gasteiger partial charge is 0.393 e. The van der Waals surface area contributed by atoms with Crippen molar-refractivity contribution >= 4 is 16.8 Å². The van der Waals surface area contributed by atoms with E-state index in [9.17, 15) is 9.90 Å². The molecule has 2 N–H and O–H groups in total. The van der Waals surface area contributed by atoms with Gasteiger partial charge in [0.25, 0.3) is 5.91 Å². The number of amides is 1. The number of benzene rings is 1. The highest BCUT2D eigenvalue weighted by atomic mass is 16.5. The number of rotatable bonds is 5. The molecule has 0 radical (unpaired) electrons. The van der Waals surface area contributed by atoms with Gasteiger partial charge in [0.1, 0.15) is 5.76 Å². The Kier molecular flexibility index (Phi) is 4.66. The summed E-state index contributed by atoms with van der Waals surface area (Å²) < 4.78 is 5.25. The molecule has 1 aliphatic carbocycles. The fourth-order valence-electron chi connectivity index (χ4n) is 3.52. The highest BCUT2D eigenvalue weighted by molar-refractivity contribution is 5.92. The van der Waals surface area contributed by atoms with Crippen LogP contribution in [0.25, 0.3) is 10.9 Å². The van der Waals surface area contributed by atoms with Crippen LogP contribution in [0.2, 0.25) is 0 Å². The minimum atomic E-state index is -0.303. The Morgan fingerprint density at radius 1 is 1.26 bits per heavy atom. The molecule has 4 rings (SSSR count). The van der Waals surface area contributed by atoms with Gasteiger partial charge in [-0.25, -0.2) is 0 Å². The van der Waals surface area contributed by atoms with Gasteiger partial charge in [-0.15, -0.1) is 0 Å². The van der Waals surface area contributed by atoms with Crippen LogP contribution in [0.15, 0.2) is 47.1 Å². The normalized spacial score (nSPS) is 20.4. The molecule has 1 saturated carbocycles. The highest BCUT2D eigenvalue weighted by Crippen LogP contribution is 2.38. The van der Waals surface area contributed by atoms with Gasteiger partial charge in [-0.1, -0.05) is 37.2 Å². The number of nitrogens with one attached hydrogen (secondary N) is 1. The topological polar surface area (TPSA) is 88.2 Å². The Balaban J connectivity index is 1.61. The molecule has 140 valence electrons. The summed E-state index contributed by atoms with van der Waals surface area (Å²) >= 11 is 0. The van der Waals surface area contributed by atoms with E-state index in [1.165, 1.54) is 0 Å². The Hall–Kier alpha value is -2.73. The lowest BCUT2D eigenvalue weighted by atomic mass is 9.75. The van der Waals surface area contributed by atoms with E-state index in [0.29, 0.717) is 18.6 Å². The molecule has 1 atom stereocenters. The number of aliphatic hydroxyl groups excluding tert-OH is 1. The van der Waals surface area contributed by atoms with Gasteiger partial charge in [-0.05, 0) is 36.5 Å². The molecule has 2 heterocycles. The van der Waals surface area contributed by atoms with E-state index in [1.807, 2.05) is 38.1 Å². The number of fused-ring (bicyclic) bond motifs is 1. The molecule has 0 bridgehead atoms. The standard InChI is InChI=1S/C21H23N3O3/c1-12(2)19-10-18(24-27-19)21(26)23-20(14-8-16(25)9-14)15-7-13-5-3-4-6-17(13)22-11-15/h3-7,10-12,14,16,20,25H,8-9H2,1-2H3,(H,23,26). The molecule has 3 aromatic rings. The van der Waals surface area contributed by atoms with Gasteiger partial charge in [0, 0.05) is 23.6 Å². The Labute approximate surface area is 157 Å². The van der Waals surface area contributed by atoms with Gasteiger partial charge < -0.3 is 14.9 Å². The number of pyridine rings is 1. The third kappa shape index (κ3) is 3.57. The number of hydrogen-bond acceptors (Lipinski definition) is 5. The second kappa shape index (κ2) is 7.12. The van der Waals surface area contributed by atoms with Gasteiger partial charge in [-0.3, -0.25) is 9.78 Å². The molecule has 0 saturated heterocycles. The SMILES string of the molecule is CC(C)c1cc(C(=O)NC(c2cnc3ccccc3c2)C2CC(O)C2)no1. The Morgan fingerprint density at radius 2 is 2.04 bits per heavy atom. The minimum Gasteiger partial charge on any atom is -0.393 e. The summed E-state index contributed by atoms with van der Waals surface area (Å²) in [4.78, 5) is 17.3. The van der Waals surface area contributed by atoms with Crippen LogP contribution in [0, 0.1) is 5.92 Å². The third-order valence-corrected chi connectivity index (χ3v) is 5.21. The summed E-state index contributed by atoms with van der Waals surface area (Å²) in [6.07, 6.45) is 2.82. The first-order chi connectivity index (χ1) is 13.0. The number of para-hydroxylation sites is 1. The van der Waals surface area contributed by atoms with Crippen LogP contribution in [0.5, 0.6) is 0 Å². The average Bonchev–Trinajstić information content (AvgIpc) is 3.14. The zero-order valence-electron chi connectivity index (χ0n) is 15.4. The number of hydrogen-bond donors (Lipinski definition) is 2. The zero-order chi connectivity index (χ0) is 19.0. The Bertz CT molecular complexity index is 960. The minimum absolute atomic E-state index is 0.168. The smallest absolute Gasteiger partial charge is 0.273 e. The van der Waals surface area contributed by atoms with Crippen molar-refractivity contribution in [3.8, 4) is 0 Å². The van der Waals surface area contributed by atoms with Crippen LogP contribution < -0.4 is 5.32 Å². The maximum Gasteiger partial charge on any atom is 0.273 e. The molecule has 6 heteroatoms. The first kappa shape index (κ1) is 17.7. The summed E-state index contributed by atoms with van der Waals surface area (Å²) in [7, 11) is 0. The molecule has 1 amide bonds. The molecule has 1 aliphatic rings. The molecule has 1 fully saturated rings. The summed E-state index contributed by atoms with van der Waals surface area (Å²) in [5, 5.41) is 17.7. The van der Waals surface area contributed by atoms with Crippen molar-refractivity contribution in [1.82, 2.24) is 15.5 Å². The number of nitrogens with zero attached hydrogens (tertiary/aromatic N) is 2. The number of aliphatic hydroxyl groups is 1. The van der Waals surface area contributed by atoms with Crippen LogP contribution >= 0.6 is 0 Å². The van der Waals surface area contributed by atoms with E-state index in [-0.39, 0.29) is 35.6 Å². The molecule has 27 heavy (non-hydrogen) atoms. The lowest BCUT2D eigenvalue weighted by molar-refractivity contribution is 0.0234. The first-order valence-electron chi connectivity index (χ1n) is 9.31. The first-order valence-corrected chi connectivity index (χ1v) is 9.31. The van der Waals surface area contributed by atoms with Crippen LogP contribution in [0.4, 0.5) is 0 Å². The van der Waals surface area contributed by atoms with Gasteiger partial charge in [0.05, 0.1) is 17.7 Å². The van der Waals surface area contributed by atoms with Crippen molar-refractivity contribution in [1.29, 1.82) is 0 Å². The predicted octanol–water partition coefficient (Wildman–Crippen LogP) is 3.59. The molecule has 6 nitrogen and oxygen atoms in total. The molecule has 0 spiro atoms. The molecule has 0 aliphatic heterocycles. The molecular weight excluding hydrogens is 342 g/mol. The predicted molar refractivity (Wildman–Crippen MR) is 101 cm³/mol. The van der Waals surface area contributed by atoms with Crippen molar-refractivity contribution < 1.29 is 14.4 Å². The van der Waals surface area contributed by atoms with Crippen molar-refractivity contribution in [3.05, 3.63) is 59.6 Å². The third-order valence-electron chi connectivity index (χ3n) is 5.21. The molecule has 1 unspecified atom stereocenters. The highest BCUT2D eigenvalue weighted by Gasteiger charge is 2.36. The quantitative estimate of drug-likeness (QED) is 0.721. The van der Waals surface area contributed by atoms with E-state index in [4.69, 9.17) is 4.52 Å². The van der Waals surface area contributed by atoms with Gasteiger partial charge in [0.2, 0.25) is 0 Å². The summed E-state index contributed by atoms with van der Waals surface area (Å²) in [5.41, 5.74) is 2.13. The monoisotopic (exact) mass is 365 g/mol. The van der Waals surface area contributed by atoms with Gasteiger partial charge in [-0.2, -0.15) is 0 Å². The van der Waals surface area contributed by atoms with E-state index in [2.05, 4.69) is 21.5 Å².